The summed E-state index contributed by atoms with van der Waals surface area (Å²) in [7, 11) is 0. The van der Waals surface area contributed by atoms with Crippen LogP contribution in [0.5, 0.6) is 0 Å². The summed E-state index contributed by atoms with van der Waals surface area (Å²) < 4.78 is 0. The second kappa shape index (κ2) is 3.35. The number of aromatic nitrogens is 2. The molecule has 0 spiro atoms. The van der Waals surface area contributed by atoms with E-state index in [9.17, 15) is 0 Å². The second-order valence-electron chi connectivity index (χ2n) is 3.69. The Bertz CT molecular complexity index is 442. The van der Waals surface area contributed by atoms with Crippen LogP contribution in [0.15, 0.2) is 42.9 Å². The monoisotopic (exact) mass is 197 g/mol. The molecule has 0 saturated heterocycles. The van der Waals surface area contributed by atoms with E-state index in [0.29, 0.717) is 0 Å². The number of anilines is 1. The SMILES string of the molecule is c1ccc2c(c1)CN(c1ccncn1)C2. The fraction of sp³-hybridized carbons (Fsp3) is 0.167. The van der Waals surface area contributed by atoms with Gasteiger partial charge in [-0.1, -0.05) is 24.3 Å². The molecule has 15 heavy (non-hydrogen) atoms. The van der Waals surface area contributed by atoms with Crippen LogP contribution in [0.2, 0.25) is 0 Å². The molecule has 0 aliphatic carbocycles. The number of nitrogens with zero attached hydrogens (tertiary/aromatic N) is 3. The molecule has 0 fully saturated rings. The summed E-state index contributed by atoms with van der Waals surface area (Å²) in [5.41, 5.74) is 2.80. The summed E-state index contributed by atoms with van der Waals surface area (Å²) in [5.74, 6) is 1.00. The third-order valence-corrected chi connectivity index (χ3v) is 2.73. The minimum atomic E-state index is 0.952. The second-order valence-corrected chi connectivity index (χ2v) is 3.69. The topological polar surface area (TPSA) is 29.0 Å². The lowest BCUT2D eigenvalue weighted by molar-refractivity contribution is 0.851. The highest BCUT2D eigenvalue weighted by molar-refractivity contribution is 5.46. The maximum Gasteiger partial charge on any atom is 0.132 e. The van der Waals surface area contributed by atoms with Gasteiger partial charge in [0.25, 0.3) is 0 Å². The Hall–Kier alpha value is -1.90. The van der Waals surface area contributed by atoms with E-state index >= 15 is 0 Å². The molecule has 0 atom stereocenters. The highest BCUT2D eigenvalue weighted by atomic mass is 15.2. The average molecular weight is 197 g/mol. The molecule has 3 nitrogen and oxygen atoms in total. The fourth-order valence-corrected chi connectivity index (χ4v) is 1.97. The van der Waals surface area contributed by atoms with Gasteiger partial charge >= 0.3 is 0 Å². The predicted molar refractivity (Wildman–Crippen MR) is 58.4 cm³/mol. The summed E-state index contributed by atoms with van der Waals surface area (Å²) in [6, 6.07) is 10.5. The normalized spacial score (nSPS) is 14.0. The van der Waals surface area contributed by atoms with Gasteiger partial charge < -0.3 is 4.90 Å². The summed E-state index contributed by atoms with van der Waals surface area (Å²) in [6.07, 6.45) is 3.38. The minimum absolute atomic E-state index is 0.952. The molecule has 2 heterocycles. The molecule has 1 aliphatic rings. The van der Waals surface area contributed by atoms with Crippen LogP contribution in [0, 0.1) is 0 Å². The Kier molecular flexibility index (Phi) is 1.88. The van der Waals surface area contributed by atoms with Crippen LogP contribution in [-0.2, 0) is 13.1 Å². The lowest BCUT2D eigenvalue weighted by Gasteiger charge is -2.15. The van der Waals surface area contributed by atoms with Gasteiger partial charge in [0.1, 0.15) is 12.1 Å². The molecule has 1 aliphatic heterocycles. The Labute approximate surface area is 88.4 Å². The standard InChI is InChI=1S/C12H11N3/c1-2-4-11-8-15(7-10(11)3-1)12-5-6-13-9-14-12/h1-6,9H,7-8H2. The number of benzene rings is 1. The van der Waals surface area contributed by atoms with Crippen LogP contribution in [0.4, 0.5) is 5.82 Å². The van der Waals surface area contributed by atoms with Gasteiger partial charge in [-0.15, -0.1) is 0 Å². The zero-order valence-electron chi connectivity index (χ0n) is 8.30. The van der Waals surface area contributed by atoms with Crippen molar-refractivity contribution < 1.29 is 0 Å². The van der Waals surface area contributed by atoms with E-state index in [0.717, 1.165) is 18.9 Å². The molecule has 0 unspecified atom stereocenters. The van der Waals surface area contributed by atoms with Gasteiger partial charge in [-0.05, 0) is 17.2 Å². The summed E-state index contributed by atoms with van der Waals surface area (Å²) in [6.45, 7) is 1.90. The highest BCUT2D eigenvalue weighted by Gasteiger charge is 2.18. The molecule has 0 bridgehead atoms. The van der Waals surface area contributed by atoms with Crippen LogP contribution in [0.3, 0.4) is 0 Å². The molecule has 0 N–H and O–H groups in total. The lowest BCUT2D eigenvalue weighted by Crippen LogP contribution is -2.15. The van der Waals surface area contributed by atoms with Crippen LogP contribution in [0.25, 0.3) is 0 Å². The first kappa shape index (κ1) is 8.41. The molecule has 1 aromatic heterocycles. The van der Waals surface area contributed by atoms with Gasteiger partial charge in [-0.3, -0.25) is 0 Å². The van der Waals surface area contributed by atoms with E-state index in [4.69, 9.17) is 0 Å². The maximum atomic E-state index is 4.26. The van der Waals surface area contributed by atoms with E-state index in [1.807, 2.05) is 6.07 Å². The zero-order chi connectivity index (χ0) is 10.1. The Balaban J connectivity index is 1.91. The number of hydrogen-bond donors (Lipinski definition) is 0. The Morgan fingerprint density at radius 2 is 1.73 bits per heavy atom. The van der Waals surface area contributed by atoms with Gasteiger partial charge in [0.15, 0.2) is 0 Å². The van der Waals surface area contributed by atoms with Crippen molar-refractivity contribution in [2.24, 2.45) is 0 Å². The van der Waals surface area contributed by atoms with E-state index in [-0.39, 0.29) is 0 Å². The molecule has 0 saturated carbocycles. The first-order valence-corrected chi connectivity index (χ1v) is 5.01. The quantitative estimate of drug-likeness (QED) is 0.700. The van der Waals surface area contributed by atoms with Gasteiger partial charge in [-0.2, -0.15) is 0 Å². The predicted octanol–water partition coefficient (Wildman–Crippen LogP) is 2.00. The van der Waals surface area contributed by atoms with Crippen molar-refractivity contribution in [3.05, 3.63) is 54.0 Å². The highest BCUT2D eigenvalue weighted by Crippen LogP contribution is 2.25. The number of fused-ring (bicyclic) bond motifs is 1. The molecule has 2 aromatic rings. The van der Waals surface area contributed by atoms with Gasteiger partial charge in [-0.25, -0.2) is 9.97 Å². The average Bonchev–Trinajstić information content (AvgIpc) is 2.74. The smallest absolute Gasteiger partial charge is 0.132 e. The van der Waals surface area contributed by atoms with Gasteiger partial charge in [0.05, 0.1) is 0 Å². The van der Waals surface area contributed by atoms with E-state index in [2.05, 4.69) is 39.1 Å². The van der Waals surface area contributed by atoms with Crippen LogP contribution >= 0.6 is 0 Å². The van der Waals surface area contributed by atoms with Crippen molar-refractivity contribution >= 4 is 5.82 Å². The third-order valence-electron chi connectivity index (χ3n) is 2.73. The van der Waals surface area contributed by atoms with Crippen LogP contribution < -0.4 is 4.90 Å². The molecule has 3 heteroatoms. The third kappa shape index (κ3) is 1.46. The van der Waals surface area contributed by atoms with E-state index < -0.39 is 0 Å². The zero-order valence-corrected chi connectivity index (χ0v) is 8.30. The van der Waals surface area contributed by atoms with E-state index in [1.165, 1.54) is 11.1 Å². The van der Waals surface area contributed by atoms with Crippen molar-refractivity contribution in [1.29, 1.82) is 0 Å². The van der Waals surface area contributed by atoms with Crippen LogP contribution in [-0.4, -0.2) is 9.97 Å². The van der Waals surface area contributed by atoms with Crippen molar-refractivity contribution in [2.75, 3.05) is 4.90 Å². The Morgan fingerprint density at radius 1 is 1.00 bits per heavy atom. The first-order chi connectivity index (χ1) is 7.43. The van der Waals surface area contributed by atoms with Gasteiger partial charge in [0, 0.05) is 19.3 Å². The van der Waals surface area contributed by atoms with Crippen molar-refractivity contribution in [3.8, 4) is 0 Å². The van der Waals surface area contributed by atoms with E-state index in [1.54, 1.807) is 12.5 Å². The molecular weight excluding hydrogens is 186 g/mol. The van der Waals surface area contributed by atoms with Crippen molar-refractivity contribution in [2.45, 2.75) is 13.1 Å². The van der Waals surface area contributed by atoms with Crippen molar-refractivity contribution in [1.82, 2.24) is 9.97 Å². The Morgan fingerprint density at radius 3 is 2.33 bits per heavy atom. The summed E-state index contributed by atoms with van der Waals surface area (Å²) in [4.78, 5) is 10.4. The molecule has 0 radical (unpaired) electrons. The summed E-state index contributed by atoms with van der Waals surface area (Å²) in [5, 5.41) is 0. The molecule has 0 amide bonds. The molecule has 3 rings (SSSR count). The minimum Gasteiger partial charge on any atom is -0.348 e. The fourth-order valence-electron chi connectivity index (χ4n) is 1.97. The molecular formula is C12H11N3. The first-order valence-electron chi connectivity index (χ1n) is 5.01. The lowest BCUT2D eigenvalue weighted by atomic mass is 10.1. The molecule has 74 valence electrons. The van der Waals surface area contributed by atoms with Crippen LogP contribution in [0.1, 0.15) is 11.1 Å². The summed E-state index contributed by atoms with van der Waals surface area (Å²) >= 11 is 0. The van der Waals surface area contributed by atoms with Gasteiger partial charge in [0.2, 0.25) is 0 Å². The largest absolute Gasteiger partial charge is 0.348 e. The van der Waals surface area contributed by atoms with Crippen molar-refractivity contribution in [3.63, 3.8) is 0 Å². The number of rotatable bonds is 1. The maximum absolute atomic E-state index is 4.26. The number of hydrogen-bond acceptors (Lipinski definition) is 3. The molecule has 1 aromatic carbocycles.